The number of nitrogens with zero attached hydrogens (tertiary/aromatic N) is 4. The van der Waals surface area contributed by atoms with Gasteiger partial charge in [-0.05, 0) is 54.9 Å². The quantitative estimate of drug-likeness (QED) is 0.522. The minimum Gasteiger partial charge on any atom is -0.352 e. The maximum atomic E-state index is 12.7. The molecule has 1 fully saturated rings. The Bertz CT molecular complexity index is 1080. The molecule has 0 aromatic carbocycles. The first-order valence-corrected chi connectivity index (χ1v) is 12.0. The number of carbonyl (C=O) groups is 2. The number of piperidine rings is 1. The van der Waals surface area contributed by atoms with Crippen LogP contribution in [0.1, 0.15) is 78.3 Å². The molecular formula is C26H33N5O2. The topological polar surface area (TPSA) is 79.6 Å². The summed E-state index contributed by atoms with van der Waals surface area (Å²) >= 11 is 0. The highest BCUT2D eigenvalue weighted by atomic mass is 16.2. The van der Waals surface area contributed by atoms with Crippen molar-refractivity contribution in [3.63, 3.8) is 0 Å². The zero-order chi connectivity index (χ0) is 23.2. The number of nitrogens with one attached hydrogen (secondary N) is 1. The van der Waals surface area contributed by atoms with Crippen LogP contribution in [0.15, 0.2) is 49.1 Å². The molecule has 174 valence electrons. The lowest BCUT2D eigenvalue weighted by atomic mass is 9.91. The van der Waals surface area contributed by atoms with E-state index in [1.54, 1.807) is 18.5 Å². The Balaban J connectivity index is 1.13. The van der Waals surface area contributed by atoms with E-state index in [0.717, 1.165) is 56.4 Å². The number of unbranched alkanes of at least 4 members (excludes halogenated alkanes) is 1. The van der Waals surface area contributed by atoms with Crippen molar-refractivity contribution in [1.29, 1.82) is 0 Å². The van der Waals surface area contributed by atoms with Crippen LogP contribution in [0.5, 0.6) is 0 Å². The van der Waals surface area contributed by atoms with Crippen molar-refractivity contribution in [3.8, 4) is 0 Å². The van der Waals surface area contributed by atoms with E-state index in [1.807, 2.05) is 39.9 Å². The number of aromatic nitrogens is 3. The van der Waals surface area contributed by atoms with Crippen LogP contribution < -0.4 is 5.32 Å². The molecular weight excluding hydrogens is 414 g/mol. The highest BCUT2D eigenvalue weighted by molar-refractivity contribution is 5.94. The average Bonchev–Trinajstić information content (AvgIpc) is 3.32. The molecule has 0 spiro atoms. The van der Waals surface area contributed by atoms with Gasteiger partial charge in [-0.1, -0.05) is 32.8 Å². The Hall–Kier alpha value is -3.22. The van der Waals surface area contributed by atoms with Gasteiger partial charge >= 0.3 is 0 Å². The van der Waals surface area contributed by atoms with Crippen LogP contribution in [-0.4, -0.2) is 50.7 Å². The van der Waals surface area contributed by atoms with Gasteiger partial charge in [0.05, 0.1) is 5.56 Å². The average molecular weight is 448 g/mol. The SMILES string of the molecule is CC(C)c1ccc(C(=O)N2CCC(CCCCNC(=O)c3ccc4nccn4c3)CC2)nc1. The molecule has 1 N–H and O–H groups in total. The minimum atomic E-state index is -0.0487. The number of imidazole rings is 1. The summed E-state index contributed by atoms with van der Waals surface area (Å²) in [7, 11) is 0. The van der Waals surface area contributed by atoms with Gasteiger partial charge in [0.25, 0.3) is 11.8 Å². The van der Waals surface area contributed by atoms with Crippen molar-refractivity contribution in [2.45, 2.75) is 51.9 Å². The number of likely N-dealkylation sites (tertiary alicyclic amines) is 1. The monoisotopic (exact) mass is 447 g/mol. The number of carbonyl (C=O) groups excluding carboxylic acids is 2. The van der Waals surface area contributed by atoms with Gasteiger partial charge in [-0.3, -0.25) is 14.6 Å². The van der Waals surface area contributed by atoms with Crippen molar-refractivity contribution in [2.75, 3.05) is 19.6 Å². The summed E-state index contributed by atoms with van der Waals surface area (Å²) in [5.74, 6) is 1.05. The molecule has 0 saturated carbocycles. The third kappa shape index (κ3) is 5.78. The first-order chi connectivity index (χ1) is 16.0. The zero-order valence-electron chi connectivity index (χ0n) is 19.5. The second-order valence-corrected chi connectivity index (χ2v) is 9.23. The summed E-state index contributed by atoms with van der Waals surface area (Å²) in [5.41, 5.74) is 3.17. The van der Waals surface area contributed by atoms with Gasteiger partial charge < -0.3 is 14.6 Å². The van der Waals surface area contributed by atoms with Gasteiger partial charge in [0.15, 0.2) is 0 Å². The van der Waals surface area contributed by atoms with Crippen LogP contribution in [-0.2, 0) is 0 Å². The standard InChI is InChI=1S/C26H33N5O2/c1-19(2)21-6-8-23(29-17-21)26(33)30-14-10-20(11-15-30)5-3-4-12-28-25(32)22-7-9-24-27-13-16-31(24)18-22/h6-9,13,16-20H,3-5,10-12,14-15H2,1-2H3,(H,28,32). The van der Waals surface area contributed by atoms with Gasteiger partial charge in [-0.2, -0.15) is 0 Å². The number of pyridine rings is 2. The lowest BCUT2D eigenvalue weighted by Gasteiger charge is -2.32. The molecule has 7 heteroatoms. The van der Waals surface area contributed by atoms with E-state index in [4.69, 9.17) is 0 Å². The van der Waals surface area contributed by atoms with Crippen molar-refractivity contribution >= 4 is 17.5 Å². The lowest BCUT2D eigenvalue weighted by molar-refractivity contribution is 0.0680. The largest absolute Gasteiger partial charge is 0.352 e. The van der Waals surface area contributed by atoms with Crippen molar-refractivity contribution in [2.24, 2.45) is 5.92 Å². The first-order valence-electron chi connectivity index (χ1n) is 12.0. The lowest BCUT2D eigenvalue weighted by Crippen LogP contribution is -2.38. The number of rotatable bonds is 8. The molecule has 1 aliphatic heterocycles. The minimum absolute atomic E-state index is 0.0420. The third-order valence-corrected chi connectivity index (χ3v) is 6.55. The smallest absolute Gasteiger partial charge is 0.272 e. The molecule has 4 heterocycles. The van der Waals surface area contributed by atoms with Crippen LogP contribution in [0.2, 0.25) is 0 Å². The molecule has 0 aliphatic carbocycles. The van der Waals surface area contributed by atoms with Crippen molar-refractivity contribution in [3.05, 3.63) is 65.9 Å². The number of amides is 2. The van der Waals surface area contributed by atoms with Gasteiger partial charge in [0.1, 0.15) is 11.3 Å². The molecule has 0 bridgehead atoms. The highest BCUT2D eigenvalue weighted by Gasteiger charge is 2.24. The van der Waals surface area contributed by atoms with E-state index in [2.05, 4.69) is 29.1 Å². The summed E-state index contributed by atoms with van der Waals surface area (Å²) in [6, 6.07) is 7.52. The van der Waals surface area contributed by atoms with E-state index in [1.165, 1.54) is 0 Å². The molecule has 1 aliphatic rings. The van der Waals surface area contributed by atoms with Crippen molar-refractivity contribution in [1.82, 2.24) is 24.6 Å². The summed E-state index contributed by atoms with van der Waals surface area (Å²) < 4.78 is 1.85. The molecule has 7 nitrogen and oxygen atoms in total. The first kappa shape index (κ1) is 23.0. The third-order valence-electron chi connectivity index (χ3n) is 6.55. The van der Waals surface area contributed by atoms with Gasteiger partial charge in [-0.15, -0.1) is 0 Å². The Labute approximate surface area is 195 Å². The fourth-order valence-electron chi connectivity index (χ4n) is 4.38. The van der Waals surface area contributed by atoms with Crippen LogP contribution in [0.25, 0.3) is 5.65 Å². The van der Waals surface area contributed by atoms with E-state index >= 15 is 0 Å². The second-order valence-electron chi connectivity index (χ2n) is 9.23. The maximum absolute atomic E-state index is 12.7. The number of fused-ring (bicyclic) bond motifs is 1. The summed E-state index contributed by atoms with van der Waals surface area (Å²) in [4.78, 5) is 35.6. The van der Waals surface area contributed by atoms with Crippen molar-refractivity contribution < 1.29 is 9.59 Å². The Kier molecular flexibility index (Phi) is 7.37. The molecule has 0 atom stereocenters. The summed E-state index contributed by atoms with van der Waals surface area (Å²) in [5, 5.41) is 3.01. The molecule has 4 rings (SSSR count). The van der Waals surface area contributed by atoms with Crippen LogP contribution in [0.4, 0.5) is 0 Å². The van der Waals surface area contributed by atoms with E-state index in [9.17, 15) is 9.59 Å². The zero-order valence-corrected chi connectivity index (χ0v) is 19.5. The summed E-state index contributed by atoms with van der Waals surface area (Å²) in [6.45, 7) is 6.52. The second kappa shape index (κ2) is 10.6. The van der Waals surface area contributed by atoms with Gasteiger partial charge in [-0.25, -0.2) is 4.98 Å². The molecule has 3 aromatic heterocycles. The van der Waals surface area contributed by atoms with E-state index in [0.29, 0.717) is 29.6 Å². The van der Waals surface area contributed by atoms with Gasteiger partial charge in [0, 0.05) is 44.4 Å². The molecule has 0 radical (unpaired) electrons. The molecule has 2 amide bonds. The van der Waals surface area contributed by atoms with Gasteiger partial charge in [0.2, 0.25) is 0 Å². The van der Waals surface area contributed by atoms with E-state index < -0.39 is 0 Å². The Morgan fingerprint density at radius 3 is 2.64 bits per heavy atom. The predicted octanol–water partition coefficient (Wildman–Crippen LogP) is 4.31. The van der Waals surface area contributed by atoms with Crippen LogP contribution in [0, 0.1) is 5.92 Å². The molecule has 3 aromatic rings. The number of hydrogen-bond acceptors (Lipinski definition) is 4. The Morgan fingerprint density at radius 2 is 1.91 bits per heavy atom. The number of hydrogen-bond donors (Lipinski definition) is 1. The van der Waals surface area contributed by atoms with Crippen LogP contribution in [0.3, 0.4) is 0 Å². The molecule has 1 saturated heterocycles. The highest BCUT2D eigenvalue weighted by Crippen LogP contribution is 2.23. The fraction of sp³-hybridized carbons (Fsp3) is 0.462. The van der Waals surface area contributed by atoms with Crippen LogP contribution >= 0.6 is 0 Å². The Morgan fingerprint density at radius 1 is 1.09 bits per heavy atom. The maximum Gasteiger partial charge on any atom is 0.272 e. The fourth-order valence-corrected chi connectivity index (χ4v) is 4.38. The molecule has 0 unspecified atom stereocenters. The van der Waals surface area contributed by atoms with E-state index in [-0.39, 0.29) is 11.8 Å². The normalized spacial score (nSPS) is 14.7. The molecule has 33 heavy (non-hydrogen) atoms. The summed E-state index contributed by atoms with van der Waals surface area (Å²) in [6.07, 6.45) is 12.4. The predicted molar refractivity (Wildman–Crippen MR) is 128 cm³/mol.